The Balaban J connectivity index is 2.08. The predicted octanol–water partition coefficient (Wildman–Crippen LogP) is 3.26. The first kappa shape index (κ1) is 16.7. The molecule has 0 aliphatic heterocycles. The summed E-state index contributed by atoms with van der Waals surface area (Å²) in [6.07, 6.45) is 0.804. The Morgan fingerprint density at radius 2 is 1.04 bits per heavy atom. The largest absolute Gasteiger partial charge is 0.481 e. The van der Waals surface area contributed by atoms with E-state index in [4.69, 9.17) is 0 Å². The van der Waals surface area contributed by atoms with Crippen LogP contribution in [0.25, 0.3) is 0 Å². The van der Waals surface area contributed by atoms with Gasteiger partial charge in [0.25, 0.3) is 0 Å². The van der Waals surface area contributed by atoms with Crippen molar-refractivity contribution in [2.75, 3.05) is 0 Å². The maximum Gasteiger partial charge on any atom is 0.306 e. The molecule has 0 aliphatic rings. The zero-order valence-electron chi connectivity index (χ0n) is 12.8. The van der Waals surface area contributed by atoms with Crippen molar-refractivity contribution in [3.05, 3.63) is 71.8 Å². The van der Waals surface area contributed by atoms with Gasteiger partial charge in [0.1, 0.15) is 0 Å². The van der Waals surface area contributed by atoms with E-state index in [1.165, 1.54) is 0 Å². The average molecular weight is 312 g/mol. The molecule has 0 aliphatic carbocycles. The molecule has 0 unspecified atom stereocenters. The molecule has 0 saturated heterocycles. The summed E-state index contributed by atoms with van der Waals surface area (Å²) in [6, 6.07) is 18.6. The lowest BCUT2D eigenvalue weighted by Gasteiger charge is -2.18. The molecular weight excluding hydrogens is 292 g/mol. The van der Waals surface area contributed by atoms with Crippen molar-refractivity contribution >= 4 is 11.9 Å². The number of rotatable bonds is 8. The molecule has 0 spiro atoms. The third kappa shape index (κ3) is 5.25. The van der Waals surface area contributed by atoms with Gasteiger partial charge in [0.15, 0.2) is 0 Å². The van der Waals surface area contributed by atoms with Crippen molar-refractivity contribution in [3.63, 3.8) is 0 Å². The van der Waals surface area contributed by atoms with E-state index in [0.29, 0.717) is 12.8 Å². The molecule has 0 heterocycles. The van der Waals surface area contributed by atoms with E-state index in [-0.39, 0.29) is 6.42 Å². The van der Waals surface area contributed by atoms with Crippen molar-refractivity contribution in [2.24, 2.45) is 11.8 Å². The van der Waals surface area contributed by atoms with Crippen LogP contribution in [0.1, 0.15) is 17.5 Å². The molecule has 0 radical (unpaired) electrons. The number of carboxylic acid groups (broad SMARTS) is 2. The lowest BCUT2D eigenvalue weighted by molar-refractivity contribution is -0.145. The van der Waals surface area contributed by atoms with E-state index in [1.807, 2.05) is 60.7 Å². The molecule has 2 aromatic carbocycles. The minimum Gasteiger partial charge on any atom is -0.481 e. The van der Waals surface area contributed by atoms with Crippen LogP contribution < -0.4 is 0 Å². The van der Waals surface area contributed by atoms with Gasteiger partial charge in [-0.3, -0.25) is 9.59 Å². The Morgan fingerprint density at radius 3 is 1.35 bits per heavy atom. The van der Waals surface area contributed by atoms with Gasteiger partial charge >= 0.3 is 11.9 Å². The number of benzene rings is 2. The quantitative estimate of drug-likeness (QED) is 0.784. The molecule has 4 heteroatoms. The van der Waals surface area contributed by atoms with E-state index in [9.17, 15) is 19.8 Å². The molecule has 0 aromatic heterocycles. The van der Waals surface area contributed by atoms with Gasteiger partial charge in [0.2, 0.25) is 0 Å². The number of aliphatic carboxylic acids is 2. The van der Waals surface area contributed by atoms with Gasteiger partial charge in [-0.15, -0.1) is 0 Å². The average Bonchev–Trinajstić information content (AvgIpc) is 2.55. The Hall–Kier alpha value is -2.62. The molecule has 2 rings (SSSR count). The highest BCUT2D eigenvalue weighted by Crippen LogP contribution is 2.22. The zero-order chi connectivity index (χ0) is 16.7. The molecule has 2 aromatic rings. The lowest BCUT2D eigenvalue weighted by atomic mass is 9.86. The van der Waals surface area contributed by atoms with Crippen LogP contribution >= 0.6 is 0 Å². The van der Waals surface area contributed by atoms with Crippen LogP contribution in [0.4, 0.5) is 0 Å². The summed E-state index contributed by atoms with van der Waals surface area (Å²) in [5, 5.41) is 18.9. The number of hydrogen-bond acceptors (Lipinski definition) is 2. The predicted molar refractivity (Wildman–Crippen MR) is 87.2 cm³/mol. The summed E-state index contributed by atoms with van der Waals surface area (Å²) >= 11 is 0. The highest BCUT2D eigenvalue weighted by atomic mass is 16.4. The fourth-order valence-electron chi connectivity index (χ4n) is 2.68. The second-order valence-corrected chi connectivity index (χ2v) is 5.69. The molecular formula is C19H20O4. The van der Waals surface area contributed by atoms with Crippen LogP contribution in [0.15, 0.2) is 60.7 Å². The molecule has 4 nitrogen and oxygen atoms in total. The first-order valence-electron chi connectivity index (χ1n) is 7.59. The molecule has 2 atom stereocenters. The van der Waals surface area contributed by atoms with Gasteiger partial charge in [-0.05, 0) is 30.4 Å². The fraction of sp³-hybridized carbons (Fsp3) is 0.263. The number of carbonyl (C=O) groups is 2. The van der Waals surface area contributed by atoms with E-state index in [1.54, 1.807) is 0 Å². The second-order valence-electron chi connectivity index (χ2n) is 5.69. The van der Waals surface area contributed by atoms with E-state index >= 15 is 0 Å². The third-order valence-corrected chi connectivity index (χ3v) is 3.92. The van der Waals surface area contributed by atoms with Crippen molar-refractivity contribution in [1.82, 2.24) is 0 Å². The van der Waals surface area contributed by atoms with Crippen LogP contribution in [0.2, 0.25) is 0 Å². The molecule has 0 amide bonds. The highest BCUT2D eigenvalue weighted by Gasteiger charge is 2.27. The minimum absolute atomic E-state index is 0.119. The van der Waals surface area contributed by atoms with Crippen LogP contribution in [0.3, 0.4) is 0 Å². The van der Waals surface area contributed by atoms with Gasteiger partial charge in [-0.1, -0.05) is 60.7 Å². The maximum absolute atomic E-state index is 11.5. The van der Waals surface area contributed by atoms with Gasteiger partial charge in [-0.2, -0.15) is 0 Å². The van der Waals surface area contributed by atoms with E-state index in [0.717, 1.165) is 11.1 Å². The van der Waals surface area contributed by atoms with E-state index < -0.39 is 23.8 Å². The Morgan fingerprint density at radius 1 is 0.696 bits per heavy atom. The standard InChI is InChI=1S/C19H20O4/c20-18(21)16(11-14-7-3-1-4-8-14)13-17(19(22)23)12-15-9-5-2-6-10-15/h1-10,16-17H,11-13H2,(H,20,21)(H,22,23)/t16-,17-/m0/s1. The maximum atomic E-state index is 11.5. The summed E-state index contributed by atoms with van der Waals surface area (Å²) in [5.41, 5.74) is 1.81. The Bertz CT molecular complexity index is 579. The SMILES string of the molecule is O=C(O)[C@@H](Cc1ccccc1)C[C@H](Cc1ccccc1)C(=O)O. The molecule has 23 heavy (non-hydrogen) atoms. The monoisotopic (exact) mass is 312 g/mol. The Labute approximate surface area is 135 Å². The van der Waals surface area contributed by atoms with Crippen LogP contribution in [0.5, 0.6) is 0 Å². The fourth-order valence-corrected chi connectivity index (χ4v) is 2.68. The van der Waals surface area contributed by atoms with Gasteiger partial charge in [0.05, 0.1) is 11.8 Å². The van der Waals surface area contributed by atoms with Gasteiger partial charge < -0.3 is 10.2 Å². The van der Waals surface area contributed by atoms with Gasteiger partial charge in [-0.25, -0.2) is 0 Å². The smallest absolute Gasteiger partial charge is 0.306 e. The normalized spacial score (nSPS) is 13.2. The molecule has 120 valence electrons. The summed E-state index contributed by atoms with van der Waals surface area (Å²) < 4.78 is 0. The third-order valence-electron chi connectivity index (χ3n) is 3.92. The van der Waals surface area contributed by atoms with Crippen molar-refractivity contribution in [3.8, 4) is 0 Å². The van der Waals surface area contributed by atoms with Crippen molar-refractivity contribution in [1.29, 1.82) is 0 Å². The Kier molecular flexibility index (Phi) is 5.92. The molecule has 0 bridgehead atoms. The number of carboxylic acids is 2. The molecule has 0 saturated carbocycles. The summed E-state index contributed by atoms with van der Waals surface area (Å²) in [6.45, 7) is 0. The van der Waals surface area contributed by atoms with Crippen molar-refractivity contribution < 1.29 is 19.8 Å². The molecule has 0 fully saturated rings. The van der Waals surface area contributed by atoms with Gasteiger partial charge in [0, 0.05) is 0 Å². The zero-order valence-corrected chi connectivity index (χ0v) is 12.8. The highest BCUT2D eigenvalue weighted by molar-refractivity contribution is 5.74. The molecule has 2 N–H and O–H groups in total. The summed E-state index contributed by atoms with van der Waals surface area (Å²) in [4.78, 5) is 23.0. The van der Waals surface area contributed by atoms with Crippen LogP contribution in [0, 0.1) is 11.8 Å². The lowest BCUT2D eigenvalue weighted by Crippen LogP contribution is -2.26. The second kappa shape index (κ2) is 8.13. The number of hydrogen-bond donors (Lipinski definition) is 2. The topological polar surface area (TPSA) is 74.6 Å². The van der Waals surface area contributed by atoms with Crippen molar-refractivity contribution in [2.45, 2.75) is 19.3 Å². The minimum atomic E-state index is -0.951. The van der Waals surface area contributed by atoms with Crippen LogP contribution in [-0.4, -0.2) is 22.2 Å². The summed E-state index contributed by atoms with van der Waals surface area (Å²) in [7, 11) is 0. The van der Waals surface area contributed by atoms with E-state index in [2.05, 4.69) is 0 Å². The first-order chi connectivity index (χ1) is 11.1. The summed E-state index contributed by atoms with van der Waals surface area (Å²) in [5.74, 6) is -3.31. The first-order valence-corrected chi connectivity index (χ1v) is 7.59. The van der Waals surface area contributed by atoms with Crippen LogP contribution in [-0.2, 0) is 22.4 Å².